The maximum atomic E-state index is 13.5. The third kappa shape index (κ3) is 3.50. The first-order valence-corrected chi connectivity index (χ1v) is 8.22. The highest BCUT2D eigenvalue weighted by Crippen LogP contribution is 2.45. The lowest BCUT2D eigenvalue weighted by atomic mass is 9.59. The summed E-state index contributed by atoms with van der Waals surface area (Å²) in [5, 5.41) is 0. The van der Waals surface area contributed by atoms with Crippen LogP contribution in [0.15, 0.2) is 48.5 Å². The molecule has 0 aliphatic rings. The van der Waals surface area contributed by atoms with Crippen LogP contribution in [0.3, 0.4) is 0 Å². The Kier molecular flexibility index (Phi) is 5.41. The second-order valence-electron chi connectivity index (χ2n) is 7.19. The molecule has 130 valence electrons. The number of benzene rings is 2. The highest BCUT2D eigenvalue weighted by Gasteiger charge is 2.46. The van der Waals surface area contributed by atoms with E-state index in [1.807, 2.05) is 13.8 Å². The summed E-state index contributed by atoms with van der Waals surface area (Å²) in [6.45, 7) is 6.47. The van der Waals surface area contributed by atoms with Crippen LogP contribution in [0, 0.1) is 17.6 Å². The molecular formula is C20H26F2N2. The molecule has 2 rings (SSSR count). The zero-order chi connectivity index (χ0) is 18.0. The normalized spacial score (nSPS) is 13.8. The lowest BCUT2D eigenvalue weighted by molar-refractivity contribution is 0.253. The maximum absolute atomic E-state index is 13.5. The van der Waals surface area contributed by atoms with Gasteiger partial charge in [0, 0.05) is 11.0 Å². The average molecular weight is 332 g/mol. The van der Waals surface area contributed by atoms with Gasteiger partial charge in [-0.1, -0.05) is 31.2 Å². The molecule has 0 aliphatic carbocycles. The minimum Gasteiger partial charge on any atom is -0.330 e. The van der Waals surface area contributed by atoms with Crippen LogP contribution in [-0.2, 0) is 5.41 Å². The van der Waals surface area contributed by atoms with Crippen molar-refractivity contribution >= 4 is 0 Å². The molecule has 2 aromatic carbocycles. The Bertz CT molecular complexity index is 612. The molecule has 0 spiro atoms. The molecule has 1 unspecified atom stereocenters. The summed E-state index contributed by atoms with van der Waals surface area (Å²) in [7, 11) is 0. The van der Waals surface area contributed by atoms with Gasteiger partial charge in [-0.2, -0.15) is 0 Å². The van der Waals surface area contributed by atoms with Crippen molar-refractivity contribution in [1.82, 2.24) is 0 Å². The number of halogens is 2. The highest BCUT2D eigenvalue weighted by molar-refractivity contribution is 5.44. The third-order valence-corrected chi connectivity index (χ3v) is 4.83. The Hall–Kier alpha value is -1.78. The minimum absolute atomic E-state index is 0.197. The molecule has 0 aliphatic heterocycles. The quantitative estimate of drug-likeness (QED) is 0.841. The predicted octanol–water partition coefficient (Wildman–Crippen LogP) is 3.97. The Balaban J connectivity index is 2.73. The summed E-state index contributed by atoms with van der Waals surface area (Å²) >= 11 is 0. The smallest absolute Gasteiger partial charge is 0.123 e. The van der Waals surface area contributed by atoms with Gasteiger partial charge in [-0.25, -0.2) is 8.78 Å². The summed E-state index contributed by atoms with van der Waals surface area (Å²) < 4.78 is 26.9. The second-order valence-corrected chi connectivity index (χ2v) is 7.19. The molecule has 0 fully saturated rings. The standard InChI is InChI=1S/C20H26F2N2/c1-14(13-23)12-20(19(2,3)24,15-4-8-17(21)9-5-15)16-6-10-18(22)11-7-16/h4-11,14H,12-13,23-24H2,1-3H3. The van der Waals surface area contributed by atoms with Crippen molar-refractivity contribution in [2.75, 3.05) is 6.54 Å². The van der Waals surface area contributed by atoms with Gasteiger partial charge in [0.2, 0.25) is 0 Å². The summed E-state index contributed by atoms with van der Waals surface area (Å²) in [5.74, 6) is -0.398. The van der Waals surface area contributed by atoms with Gasteiger partial charge in [-0.15, -0.1) is 0 Å². The van der Waals surface area contributed by atoms with Crippen LogP contribution in [0.5, 0.6) is 0 Å². The molecular weight excluding hydrogens is 306 g/mol. The van der Waals surface area contributed by atoms with Crippen molar-refractivity contribution in [2.24, 2.45) is 17.4 Å². The van der Waals surface area contributed by atoms with Crippen molar-refractivity contribution in [3.05, 3.63) is 71.3 Å². The van der Waals surface area contributed by atoms with E-state index in [1.54, 1.807) is 24.3 Å². The van der Waals surface area contributed by atoms with E-state index in [9.17, 15) is 8.78 Å². The first kappa shape index (κ1) is 18.6. The molecule has 0 saturated heterocycles. The fourth-order valence-corrected chi connectivity index (χ4v) is 3.48. The lowest BCUT2D eigenvalue weighted by Crippen LogP contribution is -2.55. The van der Waals surface area contributed by atoms with Gasteiger partial charge < -0.3 is 11.5 Å². The van der Waals surface area contributed by atoms with E-state index in [1.165, 1.54) is 24.3 Å². The highest BCUT2D eigenvalue weighted by atomic mass is 19.1. The average Bonchev–Trinajstić information content (AvgIpc) is 2.53. The number of hydrogen-bond donors (Lipinski definition) is 2. The lowest BCUT2D eigenvalue weighted by Gasteiger charge is -2.47. The van der Waals surface area contributed by atoms with Crippen LogP contribution in [0.25, 0.3) is 0 Å². The van der Waals surface area contributed by atoms with E-state index >= 15 is 0 Å². The van der Waals surface area contributed by atoms with Gasteiger partial charge in [0.1, 0.15) is 11.6 Å². The summed E-state index contributed by atoms with van der Waals surface area (Å²) in [6, 6.07) is 12.8. The molecule has 2 aromatic rings. The Morgan fingerprint density at radius 1 is 0.875 bits per heavy atom. The molecule has 4 N–H and O–H groups in total. The number of rotatable bonds is 6. The molecule has 4 heteroatoms. The molecule has 1 atom stereocenters. The van der Waals surface area contributed by atoms with Gasteiger partial charge in [0.15, 0.2) is 0 Å². The fourth-order valence-electron chi connectivity index (χ4n) is 3.48. The van der Waals surface area contributed by atoms with Crippen molar-refractivity contribution in [3.63, 3.8) is 0 Å². The molecule has 0 radical (unpaired) electrons. The van der Waals surface area contributed by atoms with E-state index in [2.05, 4.69) is 6.92 Å². The van der Waals surface area contributed by atoms with Crippen molar-refractivity contribution < 1.29 is 8.78 Å². The topological polar surface area (TPSA) is 52.0 Å². The molecule has 0 bridgehead atoms. The van der Waals surface area contributed by atoms with Crippen LogP contribution in [-0.4, -0.2) is 12.1 Å². The van der Waals surface area contributed by atoms with E-state index in [4.69, 9.17) is 11.5 Å². The van der Waals surface area contributed by atoms with E-state index in [-0.39, 0.29) is 17.6 Å². The molecule has 2 nitrogen and oxygen atoms in total. The molecule has 0 amide bonds. The molecule has 0 saturated carbocycles. The largest absolute Gasteiger partial charge is 0.330 e. The van der Waals surface area contributed by atoms with Gasteiger partial charge in [0.25, 0.3) is 0 Å². The van der Waals surface area contributed by atoms with E-state index in [0.29, 0.717) is 13.0 Å². The maximum Gasteiger partial charge on any atom is 0.123 e. The predicted molar refractivity (Wildman–Crippen MR) is 94.7 cm³/mol. The van der Waals surface area contributed by atoms with Gasteiger partial charge >= 0.3 is 0 Å². The van der Waals surface area contributed by atoms with Gasteiger partial charge in [-0.05, 0) is 68.1 Å². The SMILES string of the molecule is CC(CN)CC(c1ccc(F)cc1)(c1ccc(F)cc1)C(C)(C)N. The van der Waals surface area contributed by atoms with E-state index in [0.717, 1.165) is 11.1 Å². The van der Waals surface area contributed by atoms with Crippen LogP contribution >= 0.6 is 0 Å². The third-order valence-electron chi connectivity index (χ3n) is 4.83. The second kappa shape index (κ2) is 6.99. The zero-order valence-corrected chi connectivity index (χ0v) is 14.5. The fraction of sp³-hybridized carbons (Fsp3) is 0.400. The number of hydrogen-bond acceptors (Lipinski definition) is 2. The number of nitrogens with two attached hydrogens (primary N) is 2. The van der Waals surface area contributed by atoms with Crippen LogP contribution < -0.4 is 11.5 Å². The first-order valence-electron chi connectivity index (χ1n) is 8.22. The van der Waals surface area contributed by atoms with E-state index < -0.39 is 11.0 Å². The summed E-state index contributed by atoms with van der Waals surface area (Å²) in [4.78, 5) is 0. The zero-order valence-electron chi connectivity index (χ0n) is 14.5. The Morgan fingerprint density at radius 3 is 1.54 bits per heavy atom. The molecule has 0 heterocycles. The Morgan fingerprint density at radius 2 is 1.25 bits per heavy atom. The van der Waals surface area contributed by atoms with Crippen molar-refractivity contribution in [3.8, 4) is 0 Å². The summed E-state index contributed by atoms with van der Waals surface area (Å²) in [6.07, 6.45) is 0.685. The molecule has 24 heavy (non-hydrogen) atoms. The minimum atomic E-state index is -0.661. The van der Waals surface area contributed by atoms with Crippen LogP contribution in [0.2, 0.25) is 0 Å². The summed E-state index contributed by atoms with van der Waals surface area (Å²) in [5.41, 5.74) is 13.0. The van der Waals surface area contributed by atoms with Crippen molar-refractivity contribution in [2.45, 2.75) is 38.1 Å². The Labute approximate surface area is 142 Å². The monoisotopic (exact) mass is 332 g/mol. The first-order chi connectivity index (χ1) is 11.2. The van der Waals surface area contributed by atoms with Crippen LogP contribution in [0.1, 0.15) is 38.3 Å². The molecule has 0 aromatic heterocycles. The van der Waals surface area contributed by atoms with Crippen LogP contribution in [0.4, 0.5) is 8.78 Å². The van der Waals surface area contributed by atoms with Gasteiger partial charge in [-0.3, -0.25) is 0 Å². The van der Waals surface area contributed by atoms with Crippen molar-refractivity contribution in [1.29, 1.82) is 0 Å². The van der Waals surface area contributed by atoms with Gasteiger partial charge in [0.05, 0.1) is 0 Å².